The Morgan fingerprint density at radius 2 is 2.07 bits per heavy atom. The Kier molecular flexibility index (Phi) is 5.64. The van der Waals surface area contributed by atoms with Crippen LogP contribution < -0.4 is 10.7 Å². The number of hydrogen-bond donors (Lipinski definition) is 2. The first-order valence-corrected chi connectivity index (χ1v) is 9.81. The van der Waals surface area contributed by atoms with E-state index in [1.165, 1.54) is 18.4 Å². The second-order valence-corrected chi connectivity index (χ2v) is 7.42. The molecule has 28 heavy (non-hydrogen) atoms. The molecule has 2 aliphatic rings. The first-order valence-electron chi connectivity index (χ1n) is 9.81. The van der Waals surface area contributed by atoms with Gasteiger partial charge in [0.05, 0.1) is 24.1 Å². The molecule has 7 heteroatoms. The zero-order valence-corrected chi connectivity index (χ0v) is 16.5. The molecular formula is C21H27N7. The summed E-state index contributed by atoms with van der Waals surface area (Å²) in [4.78, 5) is 15.8. The van der Waals surface area contributed by atoms with Gasteiger partial charge in [-0.2, -0.15) is 0 Å². The standard InChI is InChI=1S/C21H27N7/c1-27(2)12-5-3-4-10-25-28-14-18-16-8-11-22-13-19(16)26-21-17(7-6-9-23-21)20(18)24-15-28/h6-9,11,13,15,25H,3-5,10,12,14H2,1-2H3,(H,23,26). The van der Waals surface area contributed by atoms with Crippen LogP contribution in [0.2, 0.25) is 0 Å². The lowest BCUT2D eigenvalue weighted by molar-refractivity contribution is 0.336. The molecule has 0 aliphatic carbocycles. The fourth-order valence-corrected chi connectivity index (χ4v) is 3.57. The van der Waals surface area contributed by atoms with Crippen molar-refractivity contribution in [2.75, 3.05) is 39.0 Å². The van der Waals surface area contributed by atoms with Crippen molar-refractivity contribution in [3.8, 4) is 0 Å². The number of aliphatic imine (C=N–C) groups is 1. The van der Waals surface area contributed by atoms with Crippen LogP contribution in [0.3, 0.4) is 0 Å². The van der Waals surface area contributed by atoms with Gasteiger partial charge in [-0.05, 0) is 51.7 Å². The van der Waals surface area contributed by atoms with Crippen molar-refractivity contribution in [1.82, 2.24) is 25.3 Å². The minimum Gasteiger partial charge on any atom is -0.338 e. The fourth-order valence-electron chi connectivity index (χ4n) is 3.57. The van der Waals surface area contributed by atoms with E-state index in [-0.39, 0.29) is 0 Å². The molecule has 0 amide bonds. The van der Waals surface area contributed by atoms with Crippen molar-refractivity contribution in [2.45, 2.75) is 19.3 Å². The van der Waals surface area contributed by atoms with Gasteiger partial charge in [0.1, 0.15) is 12.2 Å². The van der Waals surface area contributed by atoms with Crippen LogP contribution in [0.5, 0.6) is 0 Å². The normalized spacial score (nSPS) is 15.0. The molecule has 2 aromatic rings. The Hall–Kier alpha value is -2.77. The Labute approximate surface area is 166 Å². The number of nitrogens with one attached hydrogen (secondary N) is 2. The summed E-state index contributed by atoms with van der Waals surface area (Å²) in [5.74, 6) is 0.821. The third kappa shape index (κ3) is 4.05. The quantitative estimate of drug-likeness (QED) is 0.723. The zero-order valence-electron chi connectivity index (χ0n) is 16.5. The maximum absolute atomic E-state index is 4.78. The Morgan fingerprint density at radius 3 is 2.96 bits per heavy atom. The van der Waals surface area contributed by atoms with Gasteiger partial charge < -0.3 is 10.2 Å². The van der Waals surface area contributed by atoms with Gasteiger partial charge >= 0.3 is 0 Å². The summed E-state index contributed by atoms with van der Waals surface area (Å²) in [5.41, 5.74) is 8.77. The molecule has 0 unspecified atom stereocenters. The highest BCUT2D eigenvalue weighted by Gasteiger charge is 2.25. The van der Waals surface area contributed by atoms with Crippen LogP contribution in [0, 0.1) is 0 Å². The van der Waals surface area contributed by atoms with Crippen LogP contribution in [0.1, 0.15) is 30.4 Å². The van der Waals surface area contributed by atoms with Crippen molar-refractivity contribution >= 4 is 29.1 Å². The van der Waals surface area contributed by atoms with Crippen LogP contribution in [0.15, 0.2) is 41.8 Å². The van der Waals surface area contributed by atoms with Gasteiger partial charge in [0, 0.05) is 35.6 Å². The van der Waals surface area contributed by atoms with E-state index in [2.05, 4.69) is 50.8 Å². The number of rotatable bonds is 7. The molecule has 2 N–H and O–H groups in total. The lowest BCUT2D eigenvalue weighted by Crippen LogP contribution is -2.40. The fraction of sp³-hybridized carbons (Fsp3) is 0.381. The number of pyridine rings is 2. The number of aromatic nitrogens is 2. The maximum atomic E-state index is 4.78. The second kappa shape index (κ2) is 8.50. The number of unbranched alkanes of at least 4 members (excludes halogenated alkanes) is 2. The van der Waals surface area contributed by atoms with Crippen LogP contribution >= 0.6 is 0 Å². The van der Waals surface area contributed by atoms with Crippen LogP contribution in [-0.4, -0.2) is 59.9 Å². The molecule has 7 nitrogen and oxygen atoms in total. The van der Waals surface area contributed by atoms with Crippen LogP contribution in [-0.2, 0) is 0 Å². The third-order valence-corrected chi connectivity index (χ3v) is 5.00. The zero-order chi connectivity index (χ0) is 19.3. The van der Waals surface area contributed by atoms with E-state index in [9.17, 15) is 0 Å². The lowest BCUT2D eigenvalue weighted by Gasteiger charge is -2.27. The smallest absolute Gasteiger partial charge is 0.139 e. The van der Waals surface area contributed by atoms with Gasteiger partial charge in [-0.25, -0.2) is 15.4 Å². The average Bonchev–Trinajstić information content (AvgIpc) is 2.85. The number of hydrazine groups is 1. The van der Waals surface area contributed by atoms with E-state index in [4.69, 9.17) is 4.99 Å². The van der Waals surface area contributed by atoms with Crippen molar-refractivity contribution in [2.24, 2.45) is 4.99 Å². The van der Waals surface area contributed by atoms with E-state index in [1.54, 1.807) is 6.20 Å². The van der Waals surface area contributed by atoms with Crippen molar-refractivity contribution in [3.05, 3.63) is 47.9 Å². The summed E-state index contributed by atoms with van der Waals surface area (Å²) >= 11 is 0. The van der Waals surface area contributed by atoms with Gasteiger partial charge in [-0.15, -0.1) is 0 Å². The minimum atomic E-state index is 0.754. The molecule has 0 atom stereocenters. The summed E-state index contributed by atoms with van der Waals surface area (Å²) < 4.78 is 0. The highest BCUT2D eigenvalue weighted by atomic mass is 15.5. The third-order valence-electron chi connectivity index (χ3n) is 5.00. The van der Waals surface area contributed by atoms with Crippen molar-refractivity contribution in [1.29, 1.82) is 0 Å². The molecule has 2 aliphatic heterocycles. The van der Waals surface area contributed by atoms with Crippen LogP contribution in [0.25, 0.3) is 11.3 Å². The molecular weight excluding hydrogens is 350 g/mol. The van der Waals surface area contributed by atoms with Gasteiger partial charge in [-0.1, -0.05) is 6.42 Å². The van der Waals surface area contributed by atoms with E-state index in [0.29, 0.717) is 0 Å². The maximum Gasteiger partial charge on any atom is 0.139 e. The lowest BCUT2D eigenvalue weighted by atomic mass is 10.0. The minimum absolute atomic E-state index is 0.754. The summed E-state index contributed by atoms with van der Waals surface area (Å²) in [7, 11) is 4.24. The first-order chi connectivity index (χ1) is 13.7. The average molecular weight is 377 g/mol. The molecule has 4 rings (SSSR count). The van der Waals surface area contributed by atoms with Gasteiger partial charge in [0.15, 0.2) is 0 Å². The number of hydrogen-bond acceptors (Lipinski definition) is 7. The highest BCUT2D eigenvalue weighted by Crippen LogP contribution is 2.40. The van der Waals surface area contributed by atoms with Crippen LogP contribution in [0.4, 0.5) is 11.5 Å². The van der Waals surface area contributed by atoms with Gasteiger partial charge in [0.25, 0.3) is 0 Å². The predicted octanol–water partition coefficient (Wildman–Crippen LogP) is 2.98. The summed E-state index contributed by atoms with van der Waals surface area (Å²) in [6, 6.07) is 6.06. The molecule has 0 saturated carbocycles. The summed E-state index contributed by atoms with van der Waals surface area (Å²) in [6.45, 7) is 2.85. The predicted molar refractivity (Wildman–Crippen MR) is 114 cm³/mol. The van der Waals surface area contributed by atoms with E-state index >= 15 is 0 Å². The Bertz CT molecular complexity index is 888. The molecule has 2 aromatic heterocycles. The SMILES string of the molecule is CN(C)CCCCCNN1C=NC2=C(C1)c1ccncc1Nc1ncccc12. The Balaban J connectivity index is 1.48. The molecule has 0 aromatic carbocycles. The second-order valence-electron chi connectivity index (χ2n) is 7.42. The Morgan fingerprint density at radius 1 is 1.14 bits per heavy atom. The van der Waals surface area contributed by atoms with Gasteiger partial charge in [-0.3, -0.25) is 9.99 Å². The number of fused-ring (bicyclic) bond motifs is 4. The monoisotopic (exact) mass is 377 g/mol. The first kappa shape index (κ1) is 18.6. The largest absolute Gasteiger partial charge is 0.338 e. The molecule has 0 bridgehead atoms. The van der Waals surface area contributed by atoms with Gasteiger partial charge in [0.2, 0.25) is 0 Å². The summed E-state index contributed by atoms with van der Waals surface area (Å²) in [6.07, 6.45) is 11.0. The topological polar surface area (TPSA) is 68.7 Å². The molecule has 0 fully saturated rings. The molecule has 146 valence electrons. The summed E-state index contributed by atoms with van der Waals surface area (Å²) in [5, 5.41) is 5.50. The van der Waals surface area contributed by atoms with E-state index < -0.39 is 0 Å². The molecule has 0 spiro atoms. The van der Waals surface area contributed by atoms with E-state index in [1.807, 2.05) is 30.9 Å². The molecule has 0 saturated heterocycles. The molecule has 0 radical (unpaired) electrons. The van der Waals surface area contributed by atoms with Crippen molar-refractivity contribution < 1.29 is 0 Å². The van der Waals surface area contributed by atoms with Crippen molar-refractivity contribution in [3.63, 3.8) is 0 Å². The van der Waals surface area contributed by atoms with E-state index in [0.717, 1.165) is 54.4 Å². The highest BCUT2D eigenvalue weighted by molar-refractivity contribution is 6.02. The number of nitrogens with zero attached hydrogens (tertiary/aromatic N) is 5. The molecule has 4 heterocycles. The number of anilines is 2.